The van der Waals surface area contributed by atoms with Crippen LogP contribution in [0.4, 0.5) is 0 Å². The molecule has 5 fully saturated rings. The van der Waals surface area contributed by atoms with E-state index in [1.54, 1.807) is 5.56 Å². The Kier molecular flexibility index (Phi) is 4.08. The molecule has 1 aromatic heterocycles. The van der Waals surface area contributed by atoms with Crippen LogP contribution in [-0.2, 0) is 14.7 Å². The average Bonchev–Trinajstić information content (AvgIpc) is 3.45. The first kappa shape index (κ1) is 22.3. The molecule has 0 atom stereocenters. The Labute approximate surface area is 225 Å². The number of fused-ring (bicyclic) bond motifs is 6. The molecule has 192 valence electrons. The van der Waals surface area contributed by atoms with Crippen LogP contribution in [-0.4, -0.2) is 18.3 Å². The molecule has 1 saturated heterocycles. The number of hydrogen-bond acceptors (Lipinski definition) is 3. The summed E-state index contributed by atoms with van der Waals surface area (Å²) in [6.45, 7) is 8.44. The maximum absolute atomic E-state index is 6.78. The molecule has 4 heteroatoms. The second-order valence-corrected chi connectivity index (χ2v) is 14.0. The van der Waals surface area contributed by atoms with Crippen molar-refractivity contribution in [1.29, 1.82) is 0 Å². The zero-order valence-corrected chi connectivity index (χ0v) is 22.8. The zero-order valence-electron chi connectivity index (χ0n) is 22.8. The lowest BCUT2D eigenvalue weighted by atomic mass is 9.43. The fraction of sp³-hybridized carbons (Fsp3) is 0.471. The topological polar surface area (TPSA) is 31.6 Å². The molecular formula is C34H35BO3. The summed E-state index contributed by atoms with van der Waals surface area (Å²) in [6.07, 6.45) is 7.05. The predicted octanol–water partition coefficient (Wildman–Crippen LogP) is 7.61. The van der Waals surface area contributed by atoms with Gasteiger partial charge in [0.2, 0.25) is 0 Å². The zero-order chi connectivity index (χ0) is 25.6. The van der Waals surface area contributed by atoms with Crippen molar-refractivity contribution < 1.29 is 13.7 Å². The normalized spacial score (nSPS) is 33.5. The molecule has 4 saturated carbocycles. The molecule has 0 N–H and O–H groups in total. The van der Waals surface area contributed by atoms with E-state index >= 15 is 0 Å². The highest BCUT2D eigenvalue weighted by Crippen LogP contribution is 2.69. The predicted molar refractivity (Wildman–Crippen MR) is 153 cm³/mol. The molecule has 0 unspecified atom stereocenters. The van der Waals surface area contributed by atoms with Gasteiger partial charge in [-0.05, 0) is 118 Å². The minimum absolute atomic E-state index is 0.154. The SMILES string of the molecule is CC1(C)OB(c2cccc3c2oc2cc4c(cc23)-c2ccccc2C42C3CC4CC(C3)CC2C4)OC1(C)C. The van der Waals surface area contributed by atoms with E-state index < -0.39 is 7.12 Å². The standard InChI is InChI=1S/C34H35BO3/c1-32(2)33(3,4)38-35(37-32)29-11-7-9-24-26-17-25-23-8-5-6-10-27(23)34(28(25)18-30(26)36-31(24)29)21-13-19-12-20(15-21)16-22(34)14-19/h5-11,17-22H,12-16H2,1-4H3. The third kappa shape index (κ3) is 2.55. The van der Waals surface area contributed by atoms with E-state index in [9.17, 15) is 0 Å². The minimum Gasteiger partial charge on any atom is -0.456 e. The lowest BCUT2D eigenvalue weighted by molar-refractivity contribution is -0.0399. The number of para-hydroxylation sites is 1. The van der Waals surface area contributed by atoms with Crippen molar-refractivity contribution in [2.45, 2.75) is 76.4 Å². The van der Waals surface area contributed by atoms with Crippen LogP contribution < -0.4 is 5.46 Å². The first-order chi connectivity index (χ1) is 18.3. The average molecular weight is 502 g/mol. The highest BCUT2D eigenvalue weighted by atomic mass is 16.7. The molecule has 0 radical (unpaired) electrons. The lowest BCUT2D eigenvalue weighted by Crippen LogP contribution is -2.55. The van der Waals surface area contributed by atoms with Gasteiger partial charge in [-0.1, -0.05) is 42.5 Å². The number of furan rings is 1. The summed E-state index contributed by atoms with van der Waals surface area (Å²) in [6, 6.07) is 20.6. The second-order valence-electron chi connectivity index (χ2n) is 14.0. The summed E-state index contributed by atoms with van der Waals surface area (Å²) in [4.78, 5) is 0. The summed E-state index contributed by atoms with van der Waals surface area (Å²) in [5.74, 6) is 3.39. The van der Waals surface area contributed by atoms with Crippen molar-refractivity contribution in [1.82, 2.24) is 0 Å². The lowest BCUT2D eigenvalue weighted by Gasteiger charge is -2.61. The van der Waals surface area contributed by atoms with E-state index in [2.05, 4.69) is 82.3 Å². The van der Waals surface area contributed by atoms with E-state index in [4.69, 9.17) is 13.7 Å². The quantitative estimate of drug-likeness (QED) is 0.251. The van der Waals surface area contributed by atoms with Gasteiger partial charge in [0.15, 0.2) is 0 Å². The van der Waals surface area contributed by atoms with Gasteiger partial charge in [0.05, 0.1) is 11.2 Å². The van der Waals surface area contributed by atoms with E-state index in [1.165, 1.54) is 54.2 Å². The van der Waals surface area contributed by atoms with Crippen LogP contribution in [0, 0.1) is 23.7 Å². The van der Waals surface area contributed by atoms with E-state index in [1.807, 2.05) is 0 Å². The monoisotopic (exact) mass is 502 g/mol. The van der Waals surface area contributed by atoms with Gasteiger partial charge >= 0.3 is 7.12 Å². The Morgan fingerprint density at radius 1 is 0.684 bits per heavy atom. The van der Waals surface area contributed by atoms with Gasteiger partial charge in [0, 0.05) is 21.7 Å². The molecule has 2 heterocycles. The fourth-order valence-electron chi connectivity index (χ4n) is 9.62. The van der Waals surface area contributed by atoms with Crippen LogP contribution in [0.5, 0.6) is 0 Å². The summed E-state index contributed by atoms with van der Waals surface area (Å²) >= 11 is 0. The third-order valence-electron chi connectivity index (χ3n) is 11.7. The van der Waals surface area contributed by atoms with E-state index in [0.29, 0.717) is 0 Å². The molecule has 3 aromatic carbocycles. The molecule has 5 aliphatic carbocycles. The van der Waals surface area contributed by atoms with Gasteiger partial charge in [-0.3, -0.25) is 0 Å². The molecule has 38 heavy (non-hydrogen) atoms. The van der Waals surface area contributed by atoms with Crippen molar-refractivity contribution in [2.24, 2.45) is 23.7 Å². The highest BCUT2D eigenvalue weighted by Gasteiger charge is 2.61. The van der Waals surface area contributed by atoms with Gasteiger partial charge in [-0.25, -0.2) is 0 Å². The smallest absolute Gasteiger partial charge is 0.456 e. The molecule has 1 aliphatic heterocycles. The molecule has 0 amide bonds. The van der Waals surface area contributed by atoms with Crippen LogP contribution in [0.15, 0.2) is 59.0 Å². The number of rotatable bonds is 1. The maximum atomic E-state index is 6.78. The van der Waals surface area contributed by atoms with Gasteiger partial charge in [0.1, 0.15) is 11.2 Å². The largest absolute Gasteiger partial charge is 0.498 e. The van der Waals surface area contributed by atoms with Gasteiger partial charge in [-0.15, -0.1) is 0 Å². The van der Waals surface area contributed by atoms with Crippen molar-refractivity contribution in [3.05, 3.63) is 65.7 Å². The summed E-state index contributed by atoms with van der Waals surface area (Å²) < 4.78 is 19.7. The molecule has 1 spiro atoms. The van der Waals surface area contributed by atoms with E-state index in [-0.39, 0.29) is 16.6 Å². The number of hydrogen-bond donors (Lipinski definition) is 0. The molecule has 10 rings (SSSR count). The van der Waals surface area contributed by atoms with Gasteiger partial charge in [0.25, 0.3) is 0 Å². The van der Waals surface area contributed by atoms with Crippen LogP contribution in [0.1, 0.15) is 70.9 Å². The Morgan fingerprint density at radius 3 is 2.08 bits per heavy atom. The van der Waals surface area contributed by atoms with E-state index in [0.717, 1.165) is 45.7 Å². The van der Waals surface area contributed by atoms with Crippen molar-refractivity contribution in [3.63, 3.8) is 0 Å². The van der Waals surface area contributed by atoms with Crippen LogP contribution >= 0.6 is 0 Å². The van der Waals surface area contributed by atoms with Crippen LogP contribution in [0.2, 0.25) is 0 Å². The first-order valence-electron chi connectivity index (χ1n) is 14.7. The molecule has 6 aliphatic rings. The maximum Gasteiger partial charge on any atom is 0.498 e. The van der Waals surface area contributed by atoms with Gasteiger partial charge in [-0.2, -0.15) is 0 Å². The molecule has 4 aromatic rings. The van der Waals surface area contributed by atoms with Crippen LogP contribution in [0.25, 0.3) is 33.1 Å². The molecule has 4 bridgehead atoms. The Morgan fingerprint density at radius 2 is 1.37 bits per heavy atom. The highest BCUT2D eigenvalue weighted by molar-refractivity contribution is 6.65. The Hall–Kier alpha value is -2.56. The Bertz CT molecular complexity index is 1620. The summed E-state index contributed by atoms with van der Waals surface area (Å²) in [7, 11) is -0.437. The summed E-state index contributed by atoms with van der Waals surface area (Å²) in [5, 5.41) is 2.35. The fourth-order valence-corrected chi connectivity index (χ4v) is 9.62. The summed E-state index contributed by atoms with van der Waals surface area (Å²) in [5.41, 5.74) is 8.29. The Balaban J connectivity index is 1.27. The van der Waals surface area contributed by atoms with Crippen LogP contribution in [0.3, 0.4) is 0 Å². The van der Waals surface area contributed by atoms with Gasteiger partial charge < -0.3 is 13.7 Å². The number of benzene rings is 3. The van der Waals surface area contributed by atoms with Crippen molar-refractivity contribution in [2.75, 3.05) is 0 Å². The van der Waals surface area contributed by atoms with Crippen molar-refractivity contribution >= 4 is 34.5 Å². The first-order valence-corrected chi connectivity index (χ1v) is 14.7. The molecule has 3 nitrogen and oxygen atoms in total. The minimum atomic E-state index is -0.437. The molecular weight excluding hydrogens is 467 g/mol. The third-order valence-corrected chi connectivity index (χ3v) is 11.7. The van der Waals surface area contributed by atoms with Crippen molar-refractivity contribution in [3.8, 4) is 11.1 Å². The second kappa shape index (κ2) is 6.95.